The number of hydrogen-bond donors (Lipinski definition) is 1. The van der Waals surface area contributed by atoms with E-state index >= 15 is 0 Å². The highest BCUT2D eigenvalue weighted by Gasteiger charge is 2.74. The summed E-state index contributed by atoms with van der Waals surface area (Å²) in [5, 5.41) is 14.2. The fraction of sp³-hybridized carbons (Fsp3) is 0.375. The topological polar surface area (TPSA) is 122 Å². The van der Waals surface area contributed by atoms with Crippen LogP contribution in [0.1, 0.15) is 24.0 Å². The number of ether oxygens (including phenoxy) is 1. The molecule has 3 saturated heterocycles. The smallest absolute Gasteiger partial charge is 0.273 e. The largest absolute Gasteiger partial charge is 0.494 e. The van der Waals surface area contributed by atoms with Gasteiger partial charge < -0.3 is 10.1 Å². The Morgan fingerprint density at radius 3 is 2.68 bits per heavy atom. The lowest BCUT2D eigenvalue weighted by molar-refractivity contribution is -0.384. The number of methoxy groups -OCH3 is 1. The van der Waals surface area contributed by atoms with Crippen molar-refractivity contribution in [2.75, 3.05) is 23.9 Å². The zero-order valence-electron chi connectivity index (χ0n) is 18.6. The summed E-state index contributed by atoms with van der Waals surface area (Å²) in [6.45, 7) is 2.56. The van der Waals surface area contributed by atoms with E-state index in [0.29, 0.717) is 18.7 Å². The first-order chi connectivity index (χ1) is 16.3. The number of rotatable bonds is 3. The van der Waals surface area contributed by atoms with Crippen LogP contribution in [0.15, 0.2) is 36.4 Å². The van der Waals surface area contributed by atoms with Crippen LogP contribution in [0.5, 0.6) is 5.75 Å². The first-order valence-corrected chi connectivity index (χ1v) is 11.2. The van der Waals surface area contributed by atoms with Crippen molar-refractivity contribution in [3.63, 3.8) is 0 Å². The molecule has 34 heavy (non-hydrogen) atoms. The summed E-state index contributed by atoms with van der Waals surface area (Å²) in [6, 6.07) is 9.23. The maximum Gasteiger partial charge on any atom is 0.273 e. The van der Waals surface area contributed by atoms with Crippen LogP contribution in [0.2, 0.25) is 0 Å². The molecule has 4 heterocycles. The van der Waals surface area contributed by atoms with E-state index in [4.69, 9.17) is 4.74 Å². The van der Waals surface area contributed by atoms with E-state index in [2.05, 4.69) is 10.2 Å². The lowest BCUT2D eigenvalue weighted by atomic mass is 9.75. The number of amides is 3. The van der Waals surface area contributed by atoms with Gasteiger partial charge in [0.1, 0.15) is 11.3 Å². The number of carbonyl (C=O) groups is 3. The zero-order chi connectivity index (χ0) is 23.9. The minimum Gasteiger partial charge on any atom is -0.494 e. The second kappa shape index (κ2) is 6.86. The predicted octanol–water partition coefficient (Wildman–Crippen LogP) is 2.34. The second-order valence-corrected chi connectivity index (χ2v) is 9.30. The molecule has 4 aliphatic rings. The summed E-state index contributed by atoms with van der Waals surface area (Å²) >= 11 is 0. The Kier molecular flexibility index (Phi) is 4.20. The number of nitrogens with zero attached hydrogens (tertiary/aromatic N) is 3. The molecule has 1 spiro atoms. The van der Waals surface area contributed by atoms with Crippen molar-refractivity contribution in [2.45, 2.75) is 31.3 Å². The first kappa shape index (κ1) is 20.8. The van der Waals surface area contributed by atoms with Gasteiger partial charge in [0.15, 0.2) is 0 Å². The molecule has 174 valence electrons. The average molecular weight is 462 g/mol. The molecule has 0 unspecified atom stereocenters. The summed E-state index contributed by atoms with van der Waals surface area (Å²) < 4.78 is 5.32. The van der Waals surface area contributed by atoms with Gasteiger partial charge in [-0.2, -0.15) is 0 Å². The Morgan fingerprint density at radius 2 is 1.94 bits per heavy atom. The molecule has 10 heteroatoms. The van der Waals surface area contributed by atoms with Crippen molar-refractivity contribution in [2.24, 2.45) is 11.8 Å². The van der Waals surface area contributed by atoms with Gasteiger partial charge in [0, 0.05) is 23.4 Å². The molecule has 1 N–H and O–H groups in total. The molecule has 2 aromatic rings. The molecule has 4 aliphatic heterocycles. The van der Waals surface area contributed by atoms with Gasteiger partial charge in [0.2, 0.25) is 17.7 Å². The Bertz CT molecular complexity index is 1310. The SMILES string of the molecule is COc1cc([N+](=O)[O-])ccc1N1C(=O)[C@@H]2[C@H]3CCCN3[C@]3(C(=O)Nc4ccc(C)cc43)[C@H]2C1=O. The van der Waals surface area contributed by atoms with E-state index in [9.17, 15) is 24.5 Å². The Morgan fingerprint density at radius 1 is 1.15 bits per heavy atom. The van der Waals surface area contributed by atoms with Crippen LogP contribution < -0.4 is 15.0 Å². The number of aryl methyl sites for hydroxylation is 1. The quantitative estimate of drug-likeness (QED) is 0.422. The molecule has 2 aromatic carbocycles. The van der Waals surface area contributed by atoms with Gasteiger partial charge in [-0.15, -0.1) is 0 Å². The first-order valence-electron chi connectivity index (χ1n) is 11.2. The number of hydrogen-bond acceptors (Lipinski definition) is 7. The lowest BCUT2D eigenvalue weighted by Crippen LogP contribution is -2.54. The monoisotopic (exact) mass is 462 g/mol. The van der Waals surface area contributed by atoms with Gasteiger partial charge in [-0.05, 0) is 38.4 Å². The van der Waals surface area contributed by atoms with Crippen LogP contribution in [0.3, 0.4) is 0 Å². The Balaban J connectivity index is 1.53. The number of imide groups is 1. The standard InChI is InChI=1S/C24H22N4O6/c1-12-5-7-15-14(10-12)24(23(31)25-15)20-19(17-4-3-9-26(17)24)21(29)27(22(20)30)16-8-6-13(28(32)33)11-18(16)34-2/h5-8,10-11,17,19-20H,3-4,9H2,1-2H3,(H,25,31)/t17-,19-,20-,24+/m1/s1. The molecule has 3 amide bonds. The Labute approximate surface area is 194 Å². The number of fused-ring (bicyclic) bond motifs is 7. The third-order valence-corrected chi connectivity index (χ3v) is 7.76. The second-order valence-electron chi connectivity index (χ2n) is 9.30. The summed E-state index contributed by atoms with van der Waals surface area (Å²) in [7, 11) is 1.33. The maximum atomic E-state index is 14.0. The molecule has 0 aliphatic carbocycles. The number of nitrogens with one attached hydrogen (secondary N) is 1. The fourth-order valence-corrected chi connectivity index (χ4v) is 6.52. The molecule has 0 radical (unpaired) electrons. The van der Waals surface area contributed by atoms with Crippen molar-refractivity contribution in [1.82, 2.24) is 4.90 Å². The minimum absolute atomic E-state index is 0.0559. The summed E-state index contributed by atoms with van der Waals surface area (Å²) in [5.74, 6) is -2.70. The van der Waals surface area contributed by atoms with E-state index in [0.717, 1.165) is 22.4 Å². The highest BCUT2D eigenvalue weighted by atomic mass is 16.6. The van der Waals surface area contributed by atoms with E-state index in [1.807, 2.05) is 25.1 Å². The number of anilines is 2. The van der Waals surface area contributed by atoms with Crippen LogP contribution in [0, 0.1) is 28.9 Å². The number of benzene rings is 2. The lowest BCUT2D eigenvalue weighted by Gasteiger charge is -2.36. The van der Waals surface area contributed by atoms with Gasteiger partial charge in [0.05, 0.1) is 35.6 Å². The normalized spacial score (nSPS) is 29.4. The molecular formula is C24H22N4O6. The molecule has 6 rings (SSSR count). The van der Waals surface area contributed by atoms with Crippen molar-refractivity contribution in [1.29, 1.82) is 0 Å². The Hall–Kier alpha value is -3.79. The highest BCUT2D eigenvalue weighted by molar-refractivity contribution is 6.26. The van der Waals surface area contributed by atoms with Gasteiger partial charge >= 0.3 is 0 Å². The van der Waals surface area contributed by atoms with Crippen molar-refractivity contribution in [3.8, 4) is 5.75 Å². The van der Waals surface area contributed by atoms with Crippen LogP contribution >= 0.6 is 0 Å². The molecule has 3 fully saturated rings. The molecule has 0 bridgehead atoms. The van der Waals surface area contributed by atoms with E-state index in [-0.39, 0.29) is 29.1 Å². The maximum absolute atomic E-state index is 14.0. The van der Waals surface area contributed by atoms with Crippen LogP contribution in [-0.4, -0.2) is 47.2 Å². The fourth-order valence-electron chi connectivity index (χ4n) is 6.52. The molecular weight excluding hydrogens is 440 g/mol. The minimum atomic E-state index is -1.26. The average Bonchev–Trinajstić information content (AvgIpc) is 3.52. The van der Waals surface area contributed by atoms with Crippen molar-refractivity contribution >= 4 is 34.8 Å². The zero-order valence-corrected chi connectivity index (χ0v) is 18.6. The highest BCUT2D eigenvalue weighted by Crippen LogP contribution is 2.61. The summed E-state index contributed by atoms with van der Waals surface area (Å²) in [4.78, 5) is 55.3. The van der Waals surface area contributed by atoms with E-state index < -0.39 is 34.1 Å². The van der Waals surface area contributed by atoms with Crippen LogP contribution in [0.4, 0.5) is 17.1 Å². The summed E-state index contributed by atoms with van der Waals surface area (Å²) in [6.07, 6.45) is 1.54. The van der Waals surface area contributed by atoms with Crippen LogP contribution in [-0.2, 0) is 19.9 Å². The number of non-ortho nitro benzene ring substituents is 1. The third kappa shape index (κ3) is 2.35. The van der Waals surface area contributed by atoms with Crippen molar-refractivity contribution in [3.05, 3.63) is 57.6 Å². The van der Waals surface area contributed by atoms with Gasteiger partial charge in [-0.25, -0.2) is 4.90 Å². The van der Waals surface area contributed by atoms with E-state index in [1.165, 1.54) is 25.3 Å². The van der Waals surface area contributed by atoms with Crippen LogP contribution in [0.25, 0.3) is 0 Å². The predicted molar refractivity (Wildman–Crippen MR) is 120 cm³/mol. The summed E-state index contributed by atoms with van der Waals surface area (Å²) in [5.41, 5.74) is 1.03. The molecule has 10 nitrogen and oxygen atoms in total. The number of carbonyl (C=O) groups excluding carboxylic acids is 3. The van der Waals surface area contributed by atoms with Gasteiger partial charge in [0.25, 0.3) is 5.69 Å². The van der Waals surface area contributed by atoms with Gasteiger partial charge in [-0.1, -0.05) is 17.7 Å². The number of nitro groups is 1. The molecule has 0 aromatic heterocycles. The van der Waals surface area contributed by atoms with Crippen molar-refractivity contribution < 1.29 is 24.0 Å². The molecule has 4 atom stereocenters. The third-order valence-electron chi connectivity index (χ3n) is 7.76. The molecule has 0 saturated carbocycles. The number of nitro benzene ring substituents is 1. The van der Waals surface area contributed by atoms with Gasteiger partial charge in [-0.3, -0.25) is 29.4 Å². The van der Waals surface area contributed by atoms with E-state index in [1.54, 1.807) is 0 Å².